The lowest BCUT2D eigenvalue weighted by molar-refractivity contribution is -0.0723. The Morgan fingerprint density at radius 1 is 1.50 bits per heavy atom. The van der Waals surface area contributed by atoms with Gasteiger partial charge >= 0.3 is 0 Å². The van der Waals surface area contributed by atoms with Crippen molar-refractivity contribution in [2.45, 2.75) is 50.7 Å². The average molecular weight is 201 g/mol. The van der Waals surface area contributed by atoms with Crippen LogP contribution < -0.4 is 5.32 Å². The van der Waals surface area contributed by atoms with E-state index in [0.717, 1.165) is 25.8 Å². The third-order valence-corrected chi connectivity index (χ3v) is 3.41. The number of aliphatic hydroxyl groups is 1. The van der Waals surface area contributed by atoms with E-state index in [9.17, 15) is 5.11 Å². The van der Waals surface area contributed by atoms with Crippen LogP contribution in [-0.2, 0) is 4.74 Å². The maximum absolute atomic E-state index is 9.78. The van der Waals surface area contributed by atoms with Gasteiger partial charge in [-0.3, -0.25) is 0 Å². The molecule has 84 valence electrons. The van der Waals surface area contributed by atoms with E-state index in [-0.39, 0.29) is 5.60 Å². The molecule has 0 bridgehead atoms. The molecule has 14 heavy (non-hydrogen) atoms. The summed E-state index contributed by atoms with van der Waals surface area (Å²) in [6, 6.07) is 0. The average Bonchev–Trinajstić information content (AvgIpc) is 2.10. The monoisotopic (exact) mass is 201 g/mol. The Balaban J connectivity index is 2.20. The quantitative estimate of drug-likeness (QED) is 0.681. The zero-order chi connectivity index (χ0) is 10.7. The fourth-order valence-electron chi connectivity index (χ4n) is 1.71. The molecule has 1 rings (SSSR count). The van der Waals surface area contributed by atoms with Crippen LogP contribution >= 0.6 is 0 Å². The van der Waals surface area contributed by atoms with Crippen LogP contribution in [-0.4, -0.2) is 36.5 Å². The van der Waals surface area contributed by atoms with E-state index in [1.54, 1.807) is 7.11 Å². The van der Waals surface area contributed by atoms with Crippen LogP contribution in [0.15, 0.2) is 0 Å². The molecule has 3 nitrogen and oxygen atoms in total. The summed E-state index contributed by atoms with van der Waals surface area (Å²) in [7, 11) is 1.78. The minimum Gasteiger partial charge on any atom is -0.389 e. The van der Waals surface area contributed by atoms with Crippen molar-refractivity contribution in [3.05, 3.63) is 0 Å². The first kappa shape index (κ1) is 12.0. The molecule has 0 aromatic carbocycles. The van der Waals surface area contributed by atoms with Crippen LogP contribution in [0.2, 0.25) is 0 Å². The van der Waals surface area contributed by atoms with Crippen molar-refractivity contribution in [2.75, 3.05) is 20.2 Å². The number of hydrogen-bond donors (Lipinski definition) is 2. The van der Waals surface area contributed by atoms with Gasteiger partial charge in [0, 0.05) is 20.2 Å². The largest absolute Gasteiger partial charge is 0.389 e. The Morgan fingerprint density at radius 3 is 2.50 bits per heavy atom. The SMILES string of the molecule is CCC(C)(O)CNCC1(OC)CCC1. The van der Waals surface area contributed by atoms with Crippen LogP contribution in [0.3, 0.4) is 0 Å². The van der Waals surface area contributed by atoms with Gasteiger partial charge in [-0.2, -0.15) is 0 Å². The smallest absolute Gasteiger partial charge is 0.0802 e. The Hall–Kier alpha value is -0.120. The second-order valence-electron chi connectivity index (χ2n) is 4.69. The Morgan fingerprint density at radius 2 is 2.14 bits per heavy atom. The molecule has 0 amide bonds. The van der Waals surface area contributed by atoms with Crippen LogP contribution in [0, 0.1) is 0 Å². The maximum atomic E-state index is 9.78. The van der Waals surface area contributed by atoms with Crippen molar-refractivity contribution in [2.24, 2.45) is 0 Å². The summed E-state index contributed by atoms with van der Waals surface area (Å²) in [5.41, 5.74) is -0.525. The van der Waals surface area contributed by atoms with Gasteiger partial charge in [-0.25, -0.2) is 0 Å². The minimum atomic E-state index is -0.585. The molecule has 1 aliphatic carbocycles. The molecule has 0 saturated heterocycles. The van der Waals surface area contributed by atoms with Gasteiger partial charge in [0.15, 0.2) is 0 Å². The third-order valence-electron chi connectivity index (χ3n) is 3.41. The van der Waals surface area contributed by atoms with Crippen molar-refractivity contribution >= 4 is 0 Å². The standard InChI is InChI=1S/C11H23NO2/c1-4-10(2,13)8-12-9-11(14-3)6-5-7-11/h12-13H,4-9H2,1-3H3. The Kier molecular flexibility index (Phi) is 3.93. The summed E-state index contributed by atoms with van der Waals surface area (Å²) < 4.78 is 5.48. The van der Waals surface area contributed by atoms with E-state index in [4.69, 9.17) is 4.74 Å². The van der Waals surface area contributed by atoms with Gasteiger partial charge in [-0.1, -0.05) is 6.92 Å². The number of hydrogen-bond acceptors (Lipinski definition) is 3. The first-order valence-electron chi connectivity index (χ1n) is 5.52. The topological polar surface area (TPSA) is 41.5 Å². The van der Waals surface area contributed by atoms with Gasteiger partial charge in [-0.05, 0) is 32.6 Å². The van der Waals surface area contributed by atoms with Crippen LogP contribution in [0.4, 0.5) is 0 Å². The first-order valence-corrected chi connectivity index (χ1v) is 5.52. The van der Waals surface area contributed by atoms with E-state index in [0.29, 0.717) is 6.54 Å². The van der Waals surface area contributed by atoms with Crippen LogP contribution in [0.25, 0.3) is 0 Å². The Bertz CT molecular complexity index is 171. The lowest BCUT2D eigenvalue weighted by Crippen LogP contribution is -2.50. The molecule has 2 N–H and O–H groups in total. The van der Waals surface area contributed by atoms with Gasteiger partial charge in [-0.15, -0.1) is 0 Å². The van der Waals surface area contributed by atoms with E-state index < -0.39 is 5.60 Å². The van der Waals surface area contributed by atoms with Gasteiger partial charge in [0.25, 0.3) is 0 Å². The fraction of sp³-hybridized carbons (Fsp3) is 1.00. The second-order valence-corrected chi connectivity index (χ2v) is 4.69. The normalized spacial score (nSPS) is 24.0. The lowest BCUT2D eigenvalue weighted by Gasteiger charge is -2.41. The van der Waals surface area contributed by atoms with Gasteiger partial charge in [0.05, 0.1) is 11.2 Å². The zero-order valence-electron chi connectivity index (χ0n) is 9.60. The Labute approximate surface area is 86.8 Å². The molecule has 1 saturated carbocycles. The van der Waals surface area contributed by atoms with Crippen molar-refractivity contribution in [3.63, 3.8) is 0 Å². The number of rotatable bonds is 6. The van der Waals surface area contributed by atoms with Crippen molar-refractivity contribution in [1.82, 2.24) is 5.32 Å². The molecular formula is C11H23NO2. The van der Waals surface area contributed by atoms with Crippen molar-refractivity contribution < 1.29 is 9.84 Å². The second kappa shape index (κ2) is 4.60. The predicted octanol–water partition coefficient (Wildman–Crippen LogP) is 1.31. The maximum Gasteiger partial charge on any atom is 0.0802 e. The van der Waals surface area contributed by atoms with Crippen LogP contribution in [0.5, 0.6) is 0 Å². The molecule has 0 aromatic heterocycles. The summed E-state index contributed by atoms with van der Waals surface area (Å²) >= 11 is 0. The molecule has 0 heterocycles. The number of nitrogens with one attached hydrogen (secondary N) is 1. The molecule has 1 fully saturated rings. The number of ether oxygens (including phenoxy) is 1. The fourth-order valence-corrected chi connectivity index (χ4v) is 1.71. The van der Waals surface area contributed by atoms with Gasteiger partial charge in [0.2, 0.25) is 0 Å². The van der Waals surface area contributed by atoms with E-state index in [2.05, 4.69) is 5.32 Å². The predicted molar refractivity (Wildman–Crippen MR) is 57.4 cm³/mol. The van der Waals surface area contributed by atoms with Crippen molar-refractivity contribution in [1.29, 1.82) is 0 Å². The summed E-state index contributed by atoms with van der Waals surface area (Å²) in [4.78, 5) is 0. The minimum absolute atomic E-state index is 0.0593. The summed E-state index contributed by atoms with van der Waals surface area (Å²) in [5, 5.41) is 13.1. The highest BCUT2D eigenvalue weighted by Gasteiger charge is 2.36. The first-order chi connectivity index (χ1) is 6.54. The van der Waals surface area contributed by atoms with E-state index in [1.807, 2.05) is 13.8 Å². The molecule has 1 aliphatic rings. The van der Waals surface area contributed by atoms with Crippen LogP contribution in [0.1, 0.15) is 39.5 Å². The molecule has 1 atom stereocenters. The van der Waals surface area contributed by atoms with Crippen molar-refractivity contribution in [3.8, 4) is 0 Å². The van der Waals surface area contributed by atoms with Gasteiger partial charge in [0.1, 0.15) is 0 Å². The molecule has 0 aromatic rings. The molecular weight excluding hydrogens is 178 g/mol. The van der Waals surface area contributed by atoms with E-state index >= 15 is 0 Å². The molecule has 0 aliphatic heterocycles. The van der Waals surface area contributed by atoms with Gasteiger partial charge < -0.3 is 15.2 Å². The van der Waals surface area contributed by atoms with E-state index in [1.165, 1.54) is 6.42 Å². The summed E-state index contributed by atoms with van der Waals surface area (Å²) in [6.07, 6.45) is 4.33. The molecule has 0 spiro atoms. The highest BCUT2D eigenvalue weighted by Crippen LogP contribution is 2.34. The molecule has 3 heteroatoms. The number of methoxy groups -OCH3 is 1. The molecule has 0 radical (unpaired) electrons. The highest BCUT2D eigenvalue weighted by molar-refractivity contribution is 4.92. The summed E-state index contributed by atoms with van der Waals surface area (Å²) in [5.74, 6) is 0. The highest BCUT2D eigenvalue weighted by atomic mass is 16.5. The third kappa shape index (κ3) is 2.94. The summed E-state index contributed by atoms with van der Waals surface area (Å²) in [6.45, 7) is 5.37. The lowest BCUT2D eigenvalue weighted by atomic mass is 9.80. The zero-order valence-corrected chi connectivity index (χ0v) is 9.60. The molecule has 1 unspecified atom stereocenters.